The van der Waals surface area contributed by atoms with Gasteiger partial charge in [0.1, 0.15) is 5.75 Å². The van der Waals surface area contributed by atoms with Crippen molar-refractivity contribution in [1.82, 2.24) is 5.32 Å². The zero-order valence-corrected chi connectivity index (χ0v) is 12.3. The summed E-state index contributed by atoms with van der Waals surface area (Å²) < 4.78 is 6.04. The molecular weight excluding hydrogens is 321 g/mol. The zero-order chi connectivity index (χ0) is 13.5. The lowest BCUT2D eigenvalue weighted by Gasteiger charge is -2.14. The SMILES string of the molecule is CCC(CO)NC(=O)COc1ccc(Cl)cc1Br. The summed E-state index contributed by atoms with van der Waals surface area (Å²) >= 11 is 9.09. The van der Waals surface area contributed by atoms with Crippen LogP contribution in [0.2, 0.25) is 5.02 Å². The lowest BCUT2D eigenvalue weighted by Crippen LogP contribution is -2.39. The number of aliphatic hydroxyl groups excluding tert-OH is 1. The van der Waals surface area contributed by atoms with Gasteiger partial charge in [0.25, 0.3) is 5.91 Å². The largest absolute Gasteiger partial charge is 0.483 e. The number of carbonyl (C=O) groups is 1. The van der Waals surface area contributed by atoms with Gasteiger partial charge in [-0.15, -0.1) is 0 Å². The number of amides is 1. The first kappa shape index (κ1) is 15.3. The Kier molecular flexibility index (Phi) is 6.46. The third kappa shape index (κ3) is 4.84. The fraction of sp³-hybridized carbons (Fsp3) is 0.417. The summed E-state index contributed by atoms with van der Waals surface area (Å²) in [4.78, 5) is 11.5. The minimum Gasteiger partial charge on any atom is -0.483 e. The summed E-state index contributed by atoms with van der Waals surface area (Å²) in [6.45, 7) is 1.71. The Balaban J connectivity index is 2.47. The van der Waals surface area contributed by atoms with Gasteiger partial charge in [-0.1, -0.05) is 18.5 Å². The van der Waals surface area contributed by atoms with Crippen LogP contribution >= 0.6 is 27.5 Å². The lowest BCUT2D eigenvalue weighted by molar-refractivity contribution is -0.124. The van der Waals surface area contributed by atoms with E-state index in [1.165, 1.54) is 0 Å². The highest BCUT2D eigenvalue weighted by atomic mass is 79.9. The molecule has 0 aliphatic heterocycles. The van der Waals surface area contributed by atoms with Gasteiger partial charge in [0.15, 0.2) is 6.61 Å². The van der Waals surface area contributed by atoms with Crippen LogP contribution in [0.1, 0.15) is 13.3 Å². The topological polar surface area (TPSA) is 58.6 Å². The smallest absolute Gasteiger partial charge is 0.258 e. The van der Waals surface area contributed by atoms with Crippen LogP contribution in [0.25, 0.3) is 0 Å². The number of nitrogens with one attached hydrogen (secondary N) is 1. The third-order valence-corrected chi connectivity index (χ3v) is 3.19. The van der Waals surface area contributed by atoms with Gasteiger partial charge in [-0.3, -0.25) is 4.79 Å². The van der Waals surface area contributed by atoms with Gasteiger partial charge in [0.2, 0.25) is 0 Å². The van der Waals surface area contributed by atoms with Gasteiger partial charge in [0, 0.05) is 5.02 Å². The van der Waals surface area contributed by atoms with Crippen molar-refractivity contribution < 1.29 is 14.6 Å². The molecule has 6 heteroatoms. The van der Waals surface area contributed by atoms with E-state index >= 15 is 0 Å². The first-order chi connectivity index (χ1) is 8.56. The number of rotatable bonds is 6. The van der Waals surface area contributed by atoms with Crippen molar-refractivity contribution in [3.63, 3.8) is 0 Å². The Labute approximate surface area is 119 Å². The highest BCUT2D eigenvalue weighted by Gasteiger charge is 2.10. The molecule has 0 spiro atoms. The standard InChI is InChI=1S/C12H15BrClNO3/c1-2-9(6-16)15-12(17)7-18-11-4-3-8(14)5-10(11)13/h3-5,9,16H,2,6-7H2,1H3,(H,15,17). The predicted molar refractivity (Wildman–Crippen MR) is 74.0 cm³/mol. The van der Waals surface area contributed by atoms with Crippen molar-refractivity contribution in [1.29, 1.82) is 0 Å². The van der Waals surface area contributed by atoms with Crippen molar-refractivity contribution >= 4 is 33.4 Å². The Morgan fingerprint density at radius 1 is 1.61 bits per heavy atom. The second-order valence-corrected chi connectivity index (χ2v) is 5.01. The van der Waals surface area contributed by atoms with E-state index in [1.54, 1.807) is 18.2 Å². The number of hydrogen-bond donors (Lipinski definition) is 2. The Bertz CT molecular complexity index is 410. The molecule has 0 saturated heterocycles. The molecule has 1 aromatic rings. The molecule has 2 N–H and O–H groups in total. The summed E-state index contributed by atoms with van der Waals surface area (Å²) in [6.07, 6.45) is 0.673. The first-order valence-corrected chi connectivity index (χ1v) is 6.72. The molecule has 18 heavy (non-hydrogen) atoms. The molecule has 1 unspecified atom stereocenters. The Hall–Kier alpha value is -0.780. The summed E-state index contributed by atoms with van der Waals surface area (Å²) in [5.74, 6) is 0.282. The highest BCUT2D eigenvalue weighted by Crippen LogP contribution is 2.27. The van der Waals surface area contributed by atoms with Crippen molar-refractivity contribution in [2.45, 2.75) is 19.4 Å². The summed E-state index contributed by atoms with van der Waals surface area (Å²) in [5.41, 5.74) is 0. The molecule has 1 aromatic carbocycles. The van der Waals surface area contributed by atoms with Crippen molar-refractivity contribution in [3.8, 4) is 5.75 Å². The van der Waals surface area contributed by atoms with E-state index in [2.05, 4.69) is 21.2 Å². The number of halogens is 2. The van der Waals surface area contributed by atoms with Crippen LogP contribution in [0, 0.1) is 0 Å². The second kappa shape index (κ2) is 7.61. The normalized spacial score (nSPS) is 12.0. The van der Waals surface area contributed by atoms with Gasteiger partial charge in [-0.05, 0) is 40.5 Å². The fourth-order valence-electron chi connectivity index (χ4n) is 1.28. The quantitative estimate of drug-likeness (QED) is 0.838. The van der Waals surface area contributed by atoms with E-state index in [1.807, 2.05) is 6.92 Å². The number of ether oxygens (including phenoxy) is 1. The molecule has 4 nitrogen and oxygen atoms in total. The molecule has 1 atom stereocenters. The molecular formula is C12H15BrClNO3. The number of aliphatic hydroxyl groups is 1. The molecule has 1 rings (SSSR count). The monoisotopic (exact) mass is 335 g/mol. The number of carbonyl (C=O) groups excluding carboxylic acids is 1. The molecule has 0 radical (unpaired) electrons. The van der Waals surface area contributed by atoms with Crippen LogP contribution in [0.15, 0.2) is 22.7 Å². The van der Waals surface area contributed by atoms with E-state index in [0.717, 1.165) is 0 Å². The second-order valence-electron chi connectivity index (χ2n) is 3.72. The molecule has 0 fully saturated rings. The Morgan fingerprint density at radius 3 is 2.89 bits per heavy atom. The number of hydrogen-bond acceptors (Lipinski definition) is 3. The molecule has 1 amide bonds. The minimum absolute atomic E-state index is 0.0765. The van der Waals surface area contributed by atoms with Crippen LogP contribution in [0.4, 0.5) is 0 Å². The van der Waals surface area contributed by atoms with Crippen LogP contribution in [0.5, 0.6) is 5.75 Å². The van der Waals surface area contributed by atoms with Crippen LogP contribution in [-0.4, -0.2) is 30.3 Å². The third-order valence-electron chi connectivity index (χ3n) is 2.33. The van der Waals surface area contributed by atoms with E-state index < -0.39 is 0 Å². The molecule has 0 aromatic heterocycles. The van der Waals surface area contributed by atoms with E-state index in [9.17, 15) is 4.79 Å². The van der Waals surface area contributed by atoms with Crippen molar-refractivity contribution in [2.24, 2.45) is 0 Å². The summed E-state index contributed by atoms with van der Waals surface area (Å²) in [6, 6.07) is 4.83. The minimum atomic E-state index is -0.266. The molecule has 100 valence electrons. The molecule has 0 heterocycles. The van der Waals surface area contributed by atoms with E-state index in [4.69, 9.17) is 21.4 Å². The summed E-state index contributed by atoms with van der Waals surface area (Å²) in [5, 5.41) is 12.2. The molecule has 0 aliphatic carbocycles. The molecule has 0 bridgehead atoms. The number of benzene rings is 1. The van der Waals surface area contributed by atoms with Gasteiger partial charge in [0.05, 0.1) is 17.1 Å². The van der Waals surface area contributed by atoms with Crippen molar-refractivity contribution in [3.05, 3.63) is 27.7 Å². The van der Waals surface area contributed by atoms with Crippen molar-refractivity contribution in [2.75, 3.05) is 13.2 Å². The van der Waals surface area contributed by atoms with E-state index in [-0.39, 0.29) is 25.2 Å². The van der Waals surface area contributed by atoms with Gasteiger partial charge >= 0.3 is 0 Å². The highest BCUT2D eigenvalue weighted by molar-refractivity contribution is 9.10. The summed E-state index contributed by atoms with van der Waals surface area (Å²) in [7, 11) is 0. The van der Waals surface area contributed by atoms with Gasteiger partial charge < -0.3 is 15.2 Å². The Morgan fingerprint density at radius 2 is 2.33 bits per heavy atom. The average Bonchev–Trinajstić information content (AvgIpc) is 2.35. The van der Waals surface area contributed by atoms with Crippen LogP contribution in [0.3, 0.4) is 0 Å². The van der Waals surface area contributed by atoms with Gasteiger partial charge in [-0.25, -0.2) is 0 Å². The molecule has 0 saturated carbocycles. The lowest BCUT2D eigenvalue weighted by atomic mass is 10.2. The van der Waals surface area contributed by atoms with E-state index in [0.29, 0.717) is 21.7 Å². The molecule has 0 aliphatic rings. The maximum absolute atomic E-state index is 11.5. The average molecular weight is 337 g/mol. The van der Waals surface area contributed by atoms with Crippen LogP contribution in [-0.2, 0) is 4.79 Å². The maximum atomic E-state index is 11.5. The first-order valence-electron chi connectivity index (χ1n) is 5.54. The predicted octanol–water partition coefficient (Wildman–Crippen LogP) is 2.37. The maximum Gasteiger partial charge on any atom is 0.258 e. The van der Waals surface area contributed by atoms with Crippen LogP contribution < -0.4 is 10.1 Å². The zero-order valence-electron chi connectivity index (χ0n) is 9.95. The fourth-order valence-corrected chi connectivity index (χ4v) is 2.08. The van der Waals surface area contributed by atoms with Gasteiger partial charge in [-0.2, -0.15) is 0 Å².